The van der Waals surface area contributed by atoms with E-state index in [1.807, 2.05) is 0 Å². The summed E-state index contributed by atoms with van der Waals surface area (Å²) in [5.74, 6) is -1.78. The van der Waals surface area contributed by atoms with Crippen molar-refractivity contribution in [3.63, 3.8) is 0 Å². The standard InChI is InChI=1S/C6H8F2N2O2/c7-4(8)6(10,5(11)12)2-1-3-9/h4H,1-2,10H2,(H,11,12). The van der Waals surface area contributed by atoms with E-state index in [4.69, 9.17) is 16.1 Å². The molecule has 1 unspecified atom stereocenters. The molecule has 0 aromatic carbocycles. The number of halogens is 2. The van der Waals surface area contributed by atoms with Crippen molar-refractivity contribution in [2.75, 3.05) is 0 Å². The highest BCUT2D eigenvalue weighted by molar-refractivity contribution is 5.79. The summed E-state index contributed by atoms with van der Waals surface area (Å²) in [6.07, 6.45) is -4.01. The van der Waals surface area contributed by atoms with Crippen LogP contribution in [0.2, 0.25) is 0 Å². The van der Waals surface area contributed by atoms with E-state index in [0.717, 1.165) is 0 Å². The van der Waals surface area contributed by atoms with Crippen LogP contribution in [0.25, 0.3) is 0 Å². The second-order valence-electron chi connectivity index (χ2n) is 2.30. The second kappa shape index (κ2) is 3.97. The van der Waals surface area contributed by atoms with Crippen molar-refractivity contribution in [1.82, 2.24) is 0 Å². The molecule has 0 heterocycles. The topological polar surface area (TPSA) is 87.1 Å². The van der Waals surface area contributed by atoms with Gasteiger partial charge in [0, 0.05) is 6.42 Å². The van der Waals surface area contributed by atoms with Gasteiger partial charge in [0.15, 0.2) is 5.54 Å². The second-order valence-corrected chi connectivity index (χ2v) is 2.30. The lowest BCUT2D eigenvalue weighted by Crippen LogP contribution is -2.54. The fraction of sp³-hybridized carbons (Fsp3) is 0.667. The Hall–Kier alpha value is -1.22. The molecule has 0 aromatic rings. The Morgan fingerprint density at radius 1 is 1.75 bits per heavy atom. The van der Waals surface area contributed by atoms with Gasteiger partial charge in [-0.15, -0.1) is 0 Å². The van der Waals surface area contributed by atoms with E-state index in [1.54, 1.807) is 6.07 Å². The summed E-state index contributed by atoms with van der Waals surface area (Å²) in [5.41, 5.74) is 2.28. The molecule has 6 heteroatoms. The zero-order valence-corrected chi connectivity index (χ0v) is 6.13. The number of hydrogen-bond donors (Lipinski definition) is 2. The summed E-state index contributed by atoms with van der Waals surface area (Å²) < 4.78 is 24.1. The van der Waals surface area contributed by atoms with E-state index in [9.17, 15) is 13.6 Å². The lowest BCUT2D eigenvalue weighted by molar-refractivity contribution is -0.150. The quantitative estimate of drug-likeness (QED) is 0.649. The molecule has 0 saturated heterocycles. The average molecular weight is 178 g/mol. The minimum Gasteiger partial charge on any atom is -0.480 e. The number of nitriles is 1. The van der Waals surface area contributed by atoms with Crippen LogP contribution in [0.5, 0.6) is 0 Å². The third kappa shape index (κ3) is 2.13. The average Bonchev–Trinajstić information content (AvgIpc) is 1.99. The molecule has 68 valence electrons. The van der Waals surface area contributed by atoms with Crippen LogP contribution in [0.15, 0.2) is 0 Å². The Kier molecular flexibility index (Phi) is 3.57. The summed E-state index contributed by atoms with van der Waals surface area (Å²) in [6.45, 7) is 0. The highest BCUT2D eigenvalue weighted by Crippen LogP contribution is 2.18. The molecule has 1 atom stereocenters. The predicted octanol–water partition coefficient (Wildman–Crippen LogP) is 0.337. The monoisotopic (exact) mass is 178 g/mol. The third-order valence-electron chi connectivity index (χ3n) is 1.44. The van der Waals surface area contributed by atoms with Crippen molar-refractivity contribution in [3.8, 4) is 6.07 Å². The number of alkyl halides is 2. The molecule has 0 aromatic heterocycles. The maximum Gasteiger partial charge on any atom is 0.329 e. The first-order valence-corrected chi connectivity index (χ1v) is 3.12. The van der Waals surface area contributed by atoms with Crippen LogP contribution in [-0.2, 0) is 4.79 Å². The number of carboxylic acids is 1. The van der Waals surface area contributed by atoms with Crippen molar-refractivity contribution >= 4 is 5.97 Å². The normalized spacial score (nSPS) is 15.2. The van der Waals surface area contributed by atoms with Crippen LogP contribution in [0, 0.1) is 11.3 Å². The van der Waals surface area contributed by atoms with Crippen LogP contribution in [0.3, 0.4) is 0 Å². The van der Waals surface area contributed by atoms with Gasteiger partial charge in [-0.2, -0.15) is 5.26 Å². The molecule has 0 fully saturated rings. The van der Waals surface area contributed by atoms with Gasteiger partial charge in [0.05, 0.1) is 6.07 Å². The van der Waals surface area contributed by atoms with Gasteiger partial charge < -0.3 is 10.8 Å². The van der Waals surface area contributed by atoms with Crippen LogP contribution >= 0.6 is 0 Å². The lowest BCUT2D eigenvalue weighted by Gasteiger charge is -2.21. The Morgan fingerprint density at radius 3 is 2.50 bits per heavy atom. The number of rotatable bonds is 4. The summed E-state index contributed by atoms with van der Waals surface area (Å²) in [6, 6.07) is 1.56. The molecule has 12 heavy (non-hydrogen) atoms. The summed E-state index contributed by atoms with van der Waals surface area (Å²) >= 11 is 0. The first kappa shape index (κ1) is 10.8. The van der Waals surface area contributed by atoms with Gasteiger partial charge in [-0.3, -0.25) is 0 Å². The number of aliphatic carboxylic acids is 1. The van der Waals surface area contributed by atoms with Gasteiger partial charge in [0.2, 0.25) is 0 Å². The Labute approximate surface area is 67.6 Å². The Bertz CT molecular complexity index is 214. The fourth-order valence-corrected chi connectivity index (χ4v) is 0.572. The fourth-order valence-electron chi connectivity index (χ4n) is 0.572. The smallest absolute Gasteiger partial charge is 0.329 e. The van der Waals surface area contributed by atoms with E-state index in [2.05, 4.69) is 0 Å². The van der Waals surface area contributed by atoms with Gasteiger partial charge in [0.1, 0.15) is 0 Å². The number of hydrogen-bond acceptors (Lipinski definition) is 3. The molecule has 0 bridgehead atoms. The van der Waals surface area contributed by atoms with Crippen LogP contribution in [-0.4, -0.2) is 23.0 Å². The Balaban J connectivity index is 4.42. The van der Waals surface area contributed by atoms with E-state index in [0.29, 0.717) is 0 Å². The molecule has 0 amide bonds. The molecule has 0 aliphatic carbocycles. The summed E-state index contributed by atoms with van der Waals surface area (Å²) in [5, 5.41) is 16.4. The highest BCUT2D eigenvalue weighted by Gasteiger charge is 2.43. The first-order valence-electron chi connectivity index (χ1n) is 3.12. The third-order valence-corrected chi connectivity index (χ3v) is 1.44. The largest absolute Gasteiger partial charge is 0.480 e. The zero-order chi connectivity index (χ0) is 9.78. The lowest BCUT2D eigenvalue weighted by atomic mass is 9.96. The molecule has 0 rings (SSSR count). The van der Waals surface area contributed by atoms with Crippen molar-refractivity contribution in [1.29, 1.82) is 5.26 Å². The first-order chi connectivity index (χ1) is 5.45. The molecular formula is C6H8F2N2O2. The SMILES string of the molecule is N#CCCC(N)(C(=O)O)C(F)F. The van der Waals surface area contributed by atoms with E-state index < -0.39 is 24.4 Å². The molecule has 0 aliphatic rings. The van der Waals surface area contributed by atoms with Crippen LogP contribution < -0.4 is 5.73 Å². The van der Waals surface area contributed by atoms with Gasteiger partial charge >= 0.3 is 5.97 Å². The minimum atomic E-state index is -3.16. The highest BCUT2D eigenvalue weighted by atomic mass is 19.3. The Morgan fingerprint density at radius 2 is 2.25 bits per heavy atom. The number of carboxylic acid groups (broad SMARTS) is 1. The van der Waals surface area contributed by atoms with E-state index >= 15 is 0 Å². The van der Waals surface area contributed by atoms with Crippen molar-refractivity contribution in [2.24, 2.45) is 5.73 Å². The molecule has 4 nitrogen and oxygen atoms in total. The van der Waals surface area contributed by atoms with Crippen molar-refractivity contribution < 1.29 is 18.7 Å². The minimum absolute atomic E-state index is 0.298. The number of carbonyl (C=O) groups is 1. The van der Waals surface area contributed by atoms with Gasteiger partial charge in [-0.25, -0.2) is 13.6 Å². The molecule has 0 aliphatic heterocycles. The molecule has 0 radical (unpaired) electrons. The molecular weight excluding hydrogens is 170 g/mol. The zero-order valence-electron chi connectivity index (χ0n) is 6.13. The maximum atomic E-state index is 12.0. The van der Waals surface area contributed by atoms with Gasteiger partial charge in [0.25, 0.3) is 6.43 Å². The molecule has 0 saturated carbocycles. The predicted molar refractivity (Wildman–Crippen MR) is 35.4 cm³/mol. The molecule has 0 spiro atoms. The van der Waals surface area contributed by atoms with Crippen molar-refractivity contribution in [3.05, 3.63) is 0 Å². The summed E-state index contributed by atoms with van der Waals surface area (Å²) in [7, 11) is 0. The maximum absolute atomic E-state index is 12.0. The van der Waals surface area contributed by atoms with Crippen LogP contribution in [0.4, 0.5) is 8.78 Å². The van der Waals surface area contributed by atoms with Crippen molar-refractivity contribution in [2.45, 2.75) is 24.8 Å². The van der Waals surface area contributed by atoms with Gasteiger partial charge in [-0.05, 0) is 6.42 Å². The summed E-state index contributed by atoms with van der Waals surface area (Å²) in [4.78, 5) is 10.3. The molecule has 3 N–H and O–H groups in total. The van der Waals surface area contributed by atoms with Crippen LogP contribution in [0.1, 0.15) is 12.8 Å². The number of nitrogens with two attached hydrogens (primary N) is 1. The number of nitrogens with zero attached hydrogens (tertiary/aromatic N) is 1. The van der Waals surface area contributed by atoms with E-state index in [-0.39, 0.29) is 6.42 Å². The van der Waals surface area contributed by atoms with E-state index in [1.165, 1.54) is 0 Å². The van der Waals surface area contributed by atoms with Gasteiger partial charge in [-0.1, -0.05) is 0 Å².